The summed E-state index contributed by atoms with van der Waals surface area (Å²) in [4.78, 5) is 0. The Morgan fingerprint density at radius 2 is 1.38 bits per heavy atom. The van der Waals surface area contributed by atoms with Crippen LogP contribution in [0, 0.1) is 15.4 Å². The molecule has 0 saturated carbocycles. The zero-order valence-electron chi connectivity index (χ0n) is 20.4. The zero-order chi connectivity index (χ0) is 23.2. The van der Waals surface area contributed by atoms with Crippen LogP contribution in [0.2, 0.25) is 0 Å². The second kappa shape index (κ2) is 11.2. The highest BCUT2D eigenvalue weighted by Crippen LogP contribution is 2.54. The Morgan fingerprint density at radius 3 is 1.94 bits per heavy atom. The van der Waals surface area contributed by atoms with Crippen molar-refractivity contribution in [1.29, 1.82) is 0 Å². The minimum absolute atomic E-state index is 0.0831. The van der Waals surface area contributed by atoms with Crippen molar-refractivity contribution in [1.82, 2.24) is 0 Å². The Bertz CT molecular complexity index is 959. The van der Waals surface area contributed by atoms with E-state index >= 15 is 0 Å². The third kappa shape index (κ3) is 5.97. The quantitative estimate of drug-likeness (QED) is 0.181. The minimum Gasteiger partial charge on any atom is -0.378 e. The SMILES string of the molecule is CCCCCCC1(CCCCCC)c2cc(I)ccc2-c2ccc(C#CC(C)(C)O)cc21. The summed E-state index contributed by atoms with van der Waals surface area (Å²) < 4.78 is 1.32. The van der Waals surface area contributed by atoms with Crippen LogP contribution in [-0.4, -0.2) is 10.7 Å². The first-order valence-corrected chi connectivity index (χ1v) is 13.6. The normalized spacial score (nSPS) is 13.9. The van der Waals surface area contributed by atoms with E-state index in [9.17, 15) is 5.11 Å². The van der Waals surface area contributed by atoms with E-state index in [-0.39, 0.29) is 5.41 Å². The van der Waals surface area contributed by atoms with Gasteiger partial charge in [0.1, 0.15) is 5.60 Å². The van der Waals surface area contributed by atoms with Crippen molar-refractivity contribution in [3.63, 3.8) is 0 Å². The van der Waals surface area contributed by atoms with Crippen molar-refractivity contribution in [2.75, 3.05) is 0 Å². The van der Waals surface area contributed by atoms with Crippen molar-refractivity contribution in [2.45, 2.75) is 103 Å². The van der Waals surface area contributed by atoms with Crippen molar-refractivity contribution in [3.8, 4) is 23.0 Å². The maximum Gasteiger partial charge on any atom is 0.120 e. The van der Waals surface area contributed by atoms with Crippen LogP contribution >= 0.6 is 22.6 Å². The Hall–Kier alpha value is -1.31. The third-order valence-electron chi connectivity index (χ3n) is 6.75. The number of aliphatic hydroxyl groups is 1. The molecule has 1 nitrogen and oxygen atoms in total. The summed E-state index contributed by atoms with van der Waals surface area (Å²) in [6.07, 6.45) is 12.7. The largest absolute Gasteiger partial charge is 0.378 e. The monoisotopic (exact) mass is 542 g/mol. The summed E-state index contributed by atoms with van der Waals surface area (Å²) in [5, 5.41) is 10.1. The average molecular weight is 543 g/mol. The highest BCUT2D eigenvalue weighted by atomic mass is 127. The second-order valence-corrected chi connectivity index (χ2v) is 11.2. The molecule has 3 rings (SSSR count). The number of hydrogen-bond acceptors (Lipinski definition) is 1. The van der Waals surface area contributed by atoms with E-state index in [1.54, 1.807) is 13.8 Å². The molecule has 172 valence electrons. The zero-order valence-corrected chi connectivity index (χ0v) is 22.5. The van der Waals surface area contributed by atoms with E-state index < -0.39 is 5.60 Å². The van der Waals surface area contributed by atoms with E-state index in [2.05, 4.69) is 84.7 Å². The van der Waals surface area contributed by atoms with E-state index in [1.165, 1.54) is 90.0 Å². The lowest BCUT2D eigenvalue weighted by Gasteiger charge is -2.33. The molecule has 0 heterocycles. The predicted octanol–water partition coefficient (Wildman–Crippen LogP) is 8.62. The van der Waals surface area contributed by atoms with Crippen LogP contribution in [0.4, 0.5) is 0 Å². The fraction of sp³-hybridized carbons (Fsp3) is 0.533. The lowest BCUT2D eigenvalue weighted by molar-refractivity contribution is 0.143. The highest BCUT2D eigenvalue weighted by molar-refractivity contribution is 14.1. The first-order chi connectivity index (χ1) is 15.3. The van der Waals surface area contributed by atoms with Crippen LogP contribution in [0.15, 0.2) is 36.4 Å². The molecular weight excluding hydrogens is 503 g/mol. The van der Waals surface area contributed by atoms with Gasteiger partial charge in [-0.05, 0) is 95.8 Å². The minimum atomic E-state index is -0.977. The molecule has 0 fully saturated rings. The van der Waals surface area contributed by atoms with E-state index in [0.29, 0.717) is 0 Å². The molecule has 1 aliphatic carbocycles. The van der Waals surface area contributed by atoms with Crippen LogP contribution in [0.5, 0.6) is 0 Å². The van der Waals surface area contributed by atoms with Gasteiger partial charge < -0.3 is 5.11 Å². The molecule has 32 heavy (non-hydrogen) atoms. The first kappa shape index (κ1) is 25.3. The smallest absolute Gasteiger partial charge is 0.120 e. The van der Waals surface area contributed by atoms with Gasteiger partial charge in [0.15, 0.2) is 0 Å². The van der Waals surface area contributed by atoms with Crippen LogP contribution in [0.1, 0.15) is 109 Å². The van der Waals surface area contributed by atoms with Gasteiger partial charge in [0.05, 0.1) is 0 Å². The Morgan fingerprint density at radius 1 is 0.812 bits per heavy atom. The van der Waals surface area contributed by atoms with Crippen molar-refractivity contribution in [2.24, 2.45) is 0 Å². The standard InChI is InChI=1S/C30H39IO/c1-5-7-9-11-18-30(19-12-10-8-6-2)27-21-23(17-20-29(3,4)32)13-15-25(27)26-16-14-24(31)22-28(26)30/h13-16,21-22,32H,5-12,18-19H2,1-4H3. The molecule has 2 heteroatoms. The van der Waals surface area contributed by atoms with Gasteiger partial charge in [0, 0.05) is 14.5 Å². The topological polar surface area (TPSA) is 20.2 Å². The van der Waals surface area contributed by atoms with Gasteiger partial charge in [0.2, 0.25) is 0 Å². The van der Waals surface area contributed by atoms with Crippen LogP contribution in [0.25, 0.3) is 11.1 Å². The van der Waals surface area contributed by atoms with Crippen molar-refractivity contribution < 1.29 is 5.11 Å². The fourth-order valence-electron chi connectivity index (χ4n) is 5.14. The molecular formula is C30H39IO. The Labute approximate surface area is 209 Å². The van der Waals surface area contributed by atoms with E-state index in [0.717, 1.165) is 5.56 Å². The second-order valence-electron chi connectivity index (χ2n) is 9.96. The molecule has 1 aliphatic rings. The lowest BCUT2D eigenvalue weighted by Crippen LogP contribution is -2.26. The maximum absolute atomic E-state index is 10.1. The summed E-state index contributed by atoms with van der Waals surface area (Å²) in [5.41, 5.74) is 5.91. The molecule has 2 aromatic carbocycles. The number of rotatable bonds is 10. The summed E-state index contributed by atoms with van der Waals surface area (Å²) in [5.74, 6) is 6.25. The van der Waals surface area contributed by atoms with E-state index in [4.69, 9.17) is 0 Å². The number of halogens is 1. The first-order valence-electron chi connectivity index (χ1n) is 12.5. The molecule has 0 spiro atoms. The van der Waals surface area contributed by atoms with Gasteiger partial charge in [-0.1, -0.05) is 89.2 Å². The van der Waals surface area contributed by atoms with Crippen molar-refractivity contribution in [3.05, 3.63) is 56.7 Å². The van der Waals surface area contributed by atoms with Crippen molar-refractivity contribution >= 4 is 22.6 Å². The van der Waals surface area contributed by atoms with Crippen LogP contribution < -0.4 is 0 Å². The van der Waals surface area contributed by atoms with Gasteiger partial charge in [-0.3, -0.25) is 0 Å². The number of benzene rings is 2. The van der Waals surface area contributed by atoms with Gasteiger partial charge in [-0.15, -0.1) is 0 Å². The number of unbranched alkanes of at least 4 members (excludes halogenated alkanes) is 6. The molecule has 0 radical (unpaired) electrons. The number of fused-ring (bicyclic) bond motifs is 3. The average Bonchev–Trinajstić information content (AvgIpc) is 3.01. The lowest BCUT2D eigenvalue weighted by atomic mass is 9.70. The maximum atomic E-state index is 10.1. The highest BCUT2D eigenvalue weighted by Gasteiger charge is 2.42. The summed E-state index contributed by atoms with van der Waals surface area (Å²) in [6, 6.07) is 13.8. The van der Waals surface area contributed by atoms with Crippen LogP contribution in [0.3, 0.4) is 0 Å². The van der Waals surface area contributed by atoms with Gasteiger partial charge in [-0.2, -0.15) is 0 Å². The van der Waals surface area contributed by atoms with Gasteiger partial charge in [0.25, 0.3) is 0 Å². The predicted molar refractivity (Wildman–Crippen MR) is 146 cm³/mol. The molecule has 0 aromatic heterocycles. The molecule has 2 aromatic rings. The number of hydrogen-bond donors (Lipinski definition) is 1. The molecule has 0 saturated heterocycles. The molecule has 0 amide bonds. The fourth-order valence-corrected chi connectivity index (χ4v) is 5.63. The summed E-state index contributed by atoms with van der Waals surface area (Å²) in [6.45, 7) is 8.07. The Balaban J connectivity index is 2.09. The molecule has 0 unspecified atom stereocenters. The third-order valence-corrected chi connectivity index (χ3v) is 7.42. The Kier molecular flexibility index (Phi) is 8.87. The molecule has 0 atom stereocenters. The summed E-state index contributed by atoms with van der Waals surface area (Å²) >= 11 is 2.47. The van der Waals surface area contributed by atoms with E-state index in [1.807, 2.05) is 0 Å². The van der Waals surface area contributed by atoms with Gasteiger partial charge in [-0.25, -0.2) is 0 Å². The molecule has 0 bridgehead atoms. The van der Waals surface area contributed by atoms with Gasteiger partial charge >= 0.3 is 0 Å². The summed E-state index contributed by atoms with van der Waals surface area (Å²) in [7, 11) is 0. The molecule has 1 N–H and O–H groups in total. The molecule has 0 aliphatic heterocycles. The van der Waals surface area contributed by atoms with Crippen LogP contribution in [-0.2, 0) is 5.41 Å².